The summed E-state index contributed by atoms with van der Waals surface area (Å²) >= 11 is 0. The van der Waals surface area contributed by atoms with Crippen LogP contribution in [0.15, 0.2) is 24.5 Å². The van der Waals surface area contributed by atoms with Gasteiger partial charge in [-0.25, -0.2) is 8.78 Å². The molecular weight excluding hydrogens is 288 g/mol. The Kier molecular flexibility index (Phi) is 3.62. The Labute approximate surface area is 126 Å². The minimum atomic E-state index is -2.77. The summed E-state index contributed by atoms with van der Waals surface area (Å²) in [6, 6.07) is 5.03. The smallest absolute Gasteiger partial charge is 0.266 e. The third kappa shape index (κ3) is 2.57. The zero-order chi connectivity index (χ0) is 15.7. The van der Waals surface area contributed by atoms with Crippen molar-refractivity contribution in [3.63, 3.8) is 0 Å². The molecule has 1 aliphatic rings. The van der Waals surface area contributed by atoms with Crippen molar-refractivity contribution in [2.45, 2.75) is 18.4 Å². The van der Waals surface area contributed by atoms with Gasteiger partial charge in [0.15, 0.2) is 0 Å². The minimum Gasteiger partial charge on any atom is -0.362 e. The third-order valence-corrected chi connectivity index (χ3v) is 3.88. The number of benzene rings is 1. The Morgan fingerprint density at radius 2 is 2.05 bits per heavy atom. The van der Waals surface area contributed by atoms with Crippen molar-refractivity contribution in [2.24, 2.45) is 0 Å². The summed E-state index contributed by atoms with van der Waals surface area (Å²) in [6.07, 6.45) is 2.82. The topological polar surface area (TPSA) is 64.8 Å². The number of rotatable bonds is 2. The van der Waals surface area contributed by atoms with E-state index in [9.17, 15) is 8.78 Å². The first kappa shape index (κ1) is 14.6. The molecule has 114 valence electrons. The van der Waals surface area contributed by atoms with Gasteiger partial charge in [-0.1, -0.05) is 0 Å². The molecule has 1 aromatic carbocycles. The zero-order valence-electron chi connectivity index (χ0n) is 12.1. The van der Waals surface area contributed by atoms with Gasteiger partial charge in [0, 0.05) is 31.4 Å². The highest BCUT2D eigenvalue weighted by Crippen LogP contribution is 2.33. The van der Waals surface area contributed by atoms with Crippen LogP contribution >= 0.6 is 0 Å². The van der Waals surface area contributed by atoms with Crippen molar-refractivity contribution < 1.29 is 8.78 Å². The quantitative estimate of drug-likeness (QED) is 0.918. The van der Waals surface area contributed by atoms with E-state index < -0.39 is 5.92 Å². The van der Waals surface area contributed by atoms with Crippen molar-refractivity contribution >= 4 is 16.7 Å². The van der Waals surface area contributed by atoms with Crippen molar-refractivity contribution in [2.75, 3.05) is 25.0 Å². The Hall–Kier alpha value is -2.33. The maximum Gasteiger partial charge on any atom is 0.266 e. The van der Waals surface area contributed by atoms with Gasteiger partial charge in [-0.15, -0.1) is 0 Å². The van der Waals surface area contributed by atoms with Gasteiger partial charge in [0.05, 0.1) is 17.8 Å². The number of halogens is 2. The van der Waals surface area contributed by atoms with Crippen molar-refractivity contribution in [1.29, 1.82) is 5.26 Å². The lowest BCUT2D eigenvalue weighted by Gasteiger charge is -2.39. The molecule has 2 aromatic rings. The summed E-state index contributed by atoms with van der Waals surface area (Å²) in [6.45, 7) is 0.104. The van der Waals surface area contributed by atoms with Crippen LogP contribution in [0.5, 0.6) is 0 Å². The third-order valence-electron chi connectivity index (χ3n) is 3.88. The van der Waals surface area contributed by atoms with Gasteiger partial charge in [-0.3, -0.25) is 9.97 Å². The number of nitrogens with zero attached hydrogens (tertiary/aromatic N) is 4. The van der Waals surface area contributed by atoms with E-state index in [4.69, 9.17) is 5.26 Å². The second-order valence-electron chi connectivity index (χ2n) is 5.42. The largest absolute Gasteiger partial charge is 0.362 e. The maximum atomic E-state index is 14.0. The molecule has 1 aliphatic heterocycles. The molecule has 1 N–H and O–H groups in total. The van der Waals surface area contributed by atoms with E-state index >= 15 is 0 Å². The molecule has 0 bridgehead atoms. The molecule has 1 fully saturated rings. The number of likely N-dealkylation sites (N-methyl/N-ethyl adjacent to an activating group) is 1. The summed E-state index contributed by atoms with van der Waals surface area (Å²) in [4.78, 5) is 10.0. The number of hydrogen-bond acceptors (Lipinski definition) is 5. The monoisotopic (exact) mass is 303 g/mol. The summed E-state index contributed by atoms with van der Waals surface area (Å²) in [7, 11) is 1.68. The molecule has 5 nitrogen and oxygen atoms in total. The summed E-state index contributed by atoms with van der Waals surface area (Å²) < 4.78 is 27.9. The highest BCUT2D eigenvalue weighted by molar-refractivity contribution is 5.92. The molecule has 0 spiro atoms. The normalized spacial score (nSPS) is 20.8. The van der Waals surface area contributed by atoms with Gasteiger partial charge in [0.25, 0.3) is 5.92 Å². The number of alkyl halides is 2. The molecular formula is C15H15F2N5. The average molecular weight is 303 g/mol. The van der Waals surface area contributed by atoms with Crippen LogP contribution in [0.2, 0.25) is 0 Å². The first-order chi connectivity index (χ1) is 10.5. The number of anilines is 1. The van der Waals surface area contributed by atoms with Crippen LogP contribution in [-0.4, -0.2) is 42.1 Å². The molecule has 0 saturated carbocycles. The SMILES string of the molecule is CNC1CN(c2ccc(C#N)c3nccnc23)CC(F)(F)C1. The molecule has 1 atom stereocenters. The molecule has 7 heteroatoms. The summed E-state index contributed by atoms with van der Waals surface area (Å²) in [5.41, 5.74) is 1.90. The number of nitrogens with one attached hydrogen (secondary N) is 1. The maximum absolute atomic E-state index is 14.0. The molecule has 2 heterocycles. The standard InChI is InChI=1S/C15H15F2N5/c1-19-11-6-15(16,17)9-22(8-11)12-3-2-10(7-18)13-14(12)21-5-4-20-13/h2-5,11,19H,6,8-9H2,1H3. The average Bonchev–Trinajstić information content (AvgIpc) is 2.52. The van der Waals surface area contributed by atoms with Crippen LogP contribution in [0.4, 0.5) is 14.5 Å². The second-order valence-corrected chi connectivity index (χ2v) is 5.42. The lowest BCUT2D eigenvalue weighted by molar-refractivity contribution is -0.0206. The van der Waals surface area contributed by atoms with Crippen molar-refractivity contribution in [3.05, 3.63) is 30.1 Å². The highest BCUT2D eigenvalue weighted by Gasteiger charge is 2.40. The van der Waals surface area contributed by atoms with Gasteiger partial charge in [-0.2, -0.15) is 5.26 Å². The van der Waals surface area contributed by atoms with Gasteiger partial charge in [-0.05, 0) is 19.2 Å². The molecule has 1 saturated heterocycles. The fraction of sp³-hybridized carbons (Fsp3) is 0.400. The fourth-order valence-electron chi connectivity index (χ4n) is 2.86. The number of nitriles is 1. The molecule has 0 amide bonds. The van der Waals surface area contributed by atoms with Gasteiger partial charge in [0.1, 0.15) is 17.1 Å². The molecule has 1 unspecified atom stereocenters. The number of hydrogen-bond donors (Lipinski definition) is 1. The van der Waals surface area contributed by atoms with Gasteiger partial charge < -0.3 is 10.2 Å². The second kappa shape index (κ2) is 5.46. The Morgan fingerprint density at radius 3 is 2.73 bits per heavy atom. The van der Waals surface area contributed by atoms with E-state index in [0.29, 0.717) is 28.8 Å². The van der Waals surface area contributed by atoms with Crippen LogP contribution in [0, 0.1) is 11.3 Å². The Morgan fingerprint density at radius 1 is 1.32 bits per heavy atom. The van der Waals surface area contributed by atoms with E-state index in [2.05, 4.69) is 21.4 Å². The van der Waals surface area contributed by atoms with Crippen LogP contribution < -0.4 is 10.2 Å². The predicted molar refractivity (Wildman–Crippen MR) is 78.9 cm³/mol. The van der Waals surface area contributed by atoms with E-state index in [1.807, 2.05) is 0 Å². The minimum absolute atomic E-state index is 0.181. The van der Waals surface area contributed by atoms with Crippen LogP contribution in [-0.2, 0) is 0 Å². The molecule has 1 aromatic heterocycles. The van der Waals surface area contributed by atoms with E-state index in [0.717, 1.165) is 0 Å². The first-order valence-corrected chi connectivity index (χ1v) is 6.98. The fourth-order valence-corrected chi connectivity index (χ4v) is 2.86. The first-order valence-electron chi connectivity index (χ1n) is 6.98. The van der Waals surface area contributed by atoms with Gasteiger partial charge >= 0.3 is 0 Å². The highest BCUT2D eigenvalue weighted by atomic mass is 19.3. The summed E-state index contributed by atoms with van der Waals surface area (Å²) in [5.74, 6) is -2.77. The molecule has 22 heavy (non-hydrogen) atoms. The molecule has 0 radical (unpaired) electrons. The Balaban J connectivity index is 2.08. The lowest BCUT2D eigenvalue weighted by Crippen LogP contribution is -2.53. The van der Waals surface area contributed by atoms with Crippen molar-refractivity contribution in [1.82, 2.24) is 15.3 Å². The van der Waals surface area contributed by atoms with Crippen LogP contribution in [0.1, 0.15) is 12.0 Å². The van der Waals surface area contributed by atoms with Gasteiger partial charge in [0.2, 0.25) is 0 Å². The van der Waals surface area contributed by atoms with Crippen molar-refractivity contribution in [3.8, 4) is 6.07 Å². The van der Waals surface area contributed by atoms with E-state index in [-0.39, 0.29) is 19.0 Å². The van der Waals surface area contributed by atoms with Crippen LogP contribution in [0.3, 0.4) is 0 Å². The summed E-state index contributed by atoms with van der Waals surface area (Å²) in [5, 5.41) is 12.1. The number of piperidine rings is 1. The van der Waals surface area contributed by atoms with E-state index in [1.54, 1.807) is 24.1 Å². The predicted octanol–water partition coefficient (Wildman–Crippen LogP) is 1.93. The number of aromatic nitrogens is 2. The molecule has 0 aliphatic carbocycles. The zero-order valence-corrected chi connectivity index (χ0v) is 12.1. The lowest BCUT2D eigenvalue weighted by atomic mass is 10.0. The van der Waals surface area contributed by atoms with Crippen LogP contribution in [0.25, 0.3) is 11.0 Å². The Bertz CT molecular complexity index is 740. The molecule has 3 rings (SSSR count). The number of fused-ring (bicyclic) bond motifs is 1. The van der Waals surface area contributed by atoms with E-state index in [1.165, 1.54) is 12.4 Å².